The van der Waals surface area contributed by atoms with E-state index >= 15 is 0 Å². The first-order valence-electron chi connectivity index (χ1n) is 8.37. The topological polar surface area (TPSA) is 74.5 Å². The average Bonchev–Trinajstić information content (AvgIpc) is 2.83. The van der Waals surface area contributed by atoms with Crippen LogP contribution in [0, 0.1) is 13.8 Å². The third-order valence-electron chi connectivity index (χ3n) is 4.12. The summed E-state index contributed by atoms with van der Waals surface area (Å²) in [4.78, 5) is 4.61. The van der Waals surface area contributed by atoms with Gasteiger partial charge in [-0.1, -0.05) is 23.7 Å². The monoisotopic (exact) mass is 491 g/mol. The molecule has 0 saturated heterocycles. The summed E-state index contributed by atoms with van der Waals surface area (Å²) in [6, 6.07) is 7.18. The van der Waals surface area contributed by atoms with E-state index in [0.717, 1.165) is 29.1 Å². The van der Waals surface area contributed by atoms with E-state index in [1.165, 1.54) is 0 Å². The zero-order valence-corrected chi connectivity index (χ0v) is 18.7. The number of hydrogen-bond acceptors (Lipinski definition) is 3. The van der Waals surface area contributed by atoms with Gasteiger partial charge < -0.3 is 15.7 Å². The molecule has 26 heavy (non-hydrogen) atoms. The maximum atomic E-state index is 10.3. The highest BCUT2D eigenvalue weighted by Crippen LogP contribution is 2.16. The lowest BCUT2D eigenvalue weighted by Crippen LogP contribution is -2.39. The second-order valence-corrected chi connectivity index (χ2v) is 6.35. The van der Waals surface area contributed by atoms with Crippen molar-refractivity contribution in [3.8, 4) is 0 Å². The van der Waals surface area contributed by atoms with Crippen molar-refractivity contribution in [3.63, 3.8) is 0 Å². The van der Waals surface area contributed by atoms with Gasteiger partial charge in [-0.15, -0.1) is 24.0 Å². The van der Waals surface area contributed by atoms with E-state index in [1.54, 1.807) is 12.1 Å². The van der Waals surface area contributed by atoms with Gasteiger partial charge in [0.1, 0.15) is 0 Å². The van der Waals surface area contributed by atoms with Crippen molar-refractivity contribution in [2.75, 3.05) is 13.1 Å². The molecule has 6 nitrogen and oxygen atoms in total. The summed E-state index contributed by atoms with van der Waals surface area (Å²) in [6.45, 7) is 7.68. The molecule has 1 aromatic carbocycles. The molecule has 0 radical (unpaired) electrons. The Balaban J connectivity index is 0.00000338. The summed E-state index contributed by atoms with van der Waals surface area (Å²) >= 11 is 5.88. The zero-order chi connectivity index (χ0) is 18.4. The lowest BCUT2D eigenvalue weighted by atomic mass is 10.1. The predicted molar refractivity (Wildman–Crippen MR) is 117 cm³/mol. The molecule has 0 aliphatic heterocycles. The molecule has 2 aromatic rings. The van der Waals surface area contributed by atoms with E-state index < -0.39 is 6.10 Å². The molecule has 3 N–H and O–H groups in total. The highest BCUT2D eigenvalue weighted by Gasteiger charge is 2.11. The quantitative estimate of drug-likeness (QED) is 0.330. The number of nitrogens with zero attached hydrogens (tertiary/aromatic N) is 3. The van der Waals surface area contributed by atoms with Crippen LogP contribution in [0.5, 0.6) is 0 Å². The second-order valence-electron chi connectivity index (χ2n) is 5.92. The second kappa shape index (κ2) is 10.7. The number of nitrogens with one attached hydrogen (secondary N) is 2. The number of aryl methyl sites for hydroxylation is 2. The van der Waals surface area contributed by atoms with Gasteiger partial charge in [0, 0.05) is 36.4 Å². The Morgan fingerprint density at radius 2 is 1.92 bits per heavy atom. The van der Waals surface area contributed by atoms with E-state index in [2.05, 4.69) is 20.7 Å². The summed E-state index contributed by atoms with van der Waals surface area (Å²) in [5, 5.41) is 21.7. The third-order valence-corrected chi connectivity index (χ3v) is 4.37. The van der Waals surface area contributed by atoms with Crippen LogP contribution in [0.3, 0.4) is 0 Å². The van der Waals surface area contributed by atoms with Crippen molar-refractivity contribution in [2.45, 2.75) is 33.4 Å². The molecule has 0 fully saturated rings. The predicted octanol–water partition coefficient (Wildman–Crippen LogP) is 3.10. The van der Waals surface area contributed by atoms with Crippen LogP contribution in [-0.4, -0.2) is 33.9 Å². The van der Waals surface area contributed by atoms with Gasteiger partial charge in [-0.3, -0.25) is 4.68 Å². The fraction of sp³-hybridized carbons (Fsp3) is 0.444. The Kier molecular flexibility index (Phi) is 9.38. The first-order valence-corrected chi connectivity index (χ1v) is 8.75. The fourth-order valence-corrected chi connectivity index (χ4v) is 2.67. The molecular weight excluding hydrogens is 465 g/mol. The summed E-state index contributed by atoms with van der Waals surface area (Å²) < 4.78 is 1.87. The third kappa shape index (κ3) is 6.14. The van der Waals surface area contributed by atoms with Gasteiger partial charge >= 0.3 is 0 Å². The van der Waals surface area contributed by atoms with E-state index in [0.29, 0.717) is 24.1 Å². The van der Waals surface area contributed by atoms with Crippen LogP contribution in [0.25, 0.3) is 0 Å². The molecule has 0 spiro atoms. The van der Waals surface area contributed by atoms with Crippen molar-refractivity contribution in [2.24, 2.45) is 12.0 Å². The average molecular weight is 492 g/mol. The molecule has 1 unspecified atom stereocenters. The maximum Gasteiger partial charge on any atom is 0.191 e. The number of aliphatic imine (C=N–C) groups is 1. The largest absolute Gasteiger partial charge is 0.387 e. The smallest absolute Gasteiger partial charge is 0.191 e. The van der Waals surface area contributed by atoms with Crippen LogP contribution >= 0.6 is 35.6 Å². The molecular formula is C18H27ClIN5O. The maximum absolute atomic E-state index is 10.3. The molecule has 0 bridgehead atoms. The lowest BCUT2D eigenvalue weighted by Gasteiger charge is -2.15. The van der Waals surface area contributed by atoms with Crippen LogP contribution in [0.15, 0.2) is 29.3 Å². The lowest BCUT2D eigenvalue weighted by molar-refractivity contribution is 0.181. The molecule has 1 heterocycles. The van der Waals surface area contributed by atoms with Crippen molar-refractivity contribution in [1.29, 1.82) is 0 Å². The van der Waals surface area contributed by atoms with Gasteiger partial charge in [-0.25, -0.2) is 4.99 Å². The van der Waals surface area contributed by atoms with E-state index in [9.17, 15) is 5.11 Å². The highest BCUT2D eigenvalue weighted by atomic mass is 127. The minimum absolute atomic E-state index is 0. The van der Waals surface area contributed by atoms with Crippen LogP contribution in [0.2, 0.25) is 5.02 Å². The molecule has 1 aromatic heterocycles. The first kappa shape index (κ1) is 22.7. The Morgan fingerprint density at radius 1 is 1.27 bits per heavy atom. The highest BCUT2D eigenvalue weighted by molar-refractivity contribution is 14.0. The number of aromatic nitrogens is 2. The van der Waals surface area contributed by atoms with Gasteiger partial charge in [0.15, 0.2) is 5.96 Å². The molecule has 144 valence electrons. The number of halogens is 2. The van der Waals surface area contributed by atoms with Crippen molar-refractivity contribution in [3.05, 3.63) is 51.8 Å². The number of aliphatic hydroxyl groups excluding tert-OH is 1. The SMILES string of the molecule is CCNC(=NCc1c(C)nn(C)c1C)NCC(O)c1ccc(Cl)cc1.I. The summed E-state index contributed by atoms with van der Waals surface area (Å²) in [7, 11) is 1.93. The molecule has 1 atom stereocenters. The van der Waals surface area contributed by atoms with Gasteiger partial charge in [0.25, 0.3) is 0 Å². The number of aliphatic hydroxyl groups is 1. The standard InChI is InChI=1S/C18H26ClN5O.HI/c1-5-20-18(21-10-16-12(2)23-24(4)13(16)3)22-11-17(25)14-6-8-15(19)9-7-14;/h6-9,17,25H,5,10-11H2,1-4H3,(H2,20,21,22);1H. The van der Waals surface area contributed by atoms with Crippen LogP contribution in [0.1, 0.15) is 35.5 Å². The first-order chi connectivity index (χ1) is 11.9. The molecule has 8 heteroatoms. The number of guanidine groups is 1. The Labute approximate surface area is 177 Å². The normalized spacial score (nSPS) is 12.5. The molecule has 0 saturated carbocycles. The summed E-state index contributed by atoms with van der Waals surface area (Å²) in [6.07, 6.45) is -0.636. The summed E-state index contributed by atoms with van der Waals surface area (Å²) in [5.74, 6) is 0.665. The fourth-order valence-electron chi connectivity index (χ4n) is 2.54. The Bertz CT molecular complexity index is 730. The van der Waals surface area contributed by atoms with Gasteiger partial charge in [-0.05, 0) is 38.5 Å². The Hall–Kier alpha value is -1.32. The zero-order valence-electron chi connectivity index (χ0n) is 15.6. The number of rotatable bonds is 6. The molecule has 0 amide bonds. The molecule has 2 rings (SSSR count). The van der Waals surface area contributed by atoms with Crippen LogP contribution < -0.4 is 10.6 Å². The van der Waals surface area contributed by atoms with Crippen LogP contribution in [-0.2, 0) is 13.6 Å². The van der Waals surface area contributed by atoms with E-state index in [1.807, 2.05) is 44.6 Å². The number of hydrogen-bond donors (Lipinski definition) is 3. The van der Waals surface area contributed by atoms with Gasteiger partial charge in [0.05, 0.1) is 18.3 Å². The van der Waals surface area contributed by atoms with Gasteiger partial charge in [0.2, 0.25) is 0 Å². The van der Waals surface area contributed by atoms with Crippen molar-refractivity contribution in [1.82, 2.24) is 20.4 Å². The summed E-state index contributed by atoms with van der Waals surface area (Å²) in [5.41, 5.74) is 4.03. The minimum Gasteiger partial charge on any atom is -0.387 e. The van der Waals surface area contributed by atoms with Crippen molar-refractivity contribution >= 4 is 41.5 Å². The minimum atomic E-state index is -0.636. The molecule has 0 aliphatic carbocycles. The van der Waals surface area contributed by atoms with E-state index in [-0.39, 0.29) is 24.0 Å². The van der Waals surface area contributed by atoms with Gasteiger partial charge in [-0.2, -0.15) is 5.10 Å². The molecule has 0 aliphatic rings. The van der Waals surface area contributed by atoms with Crippen LogP contribution in [0.4, 0.5) is 0 Å². The van der Waals surface area contributed by atoms with Crippen molar-refractivity contribution < 1.29 is 5.11 Å². The number of benzene rings is 1. The van der Waals surface area contributed by atoms with E-state index in [4.69, 9.17) is 11.6 Å². The Morgan fingerprint density at radius 3 is 2.46 bits per heavy atom.